The van der Waals surface area contributed by atoms with Crippen LogP contribution in [0.15, 0.2) is 12.4 Å². The lowest BCUT2D eigenvalue weighted by Gasteiger charge is -2.21. The number of rotatable bonds is 5. The van der Waals surface area contributed by atoms with E-state index in [1.807, 2.05) is 0 Å². The molecule has 0 bridgehead atoms. The summed E-state index contributed by atoms with van der Waals surface area (Å²) in [7, 11) is 1.75. The number of aryl methyl sites for hydroxylation is 1. The van der Waals surface area contributed by atoms with Crippen molar-refractivity contribution < 1.29 is 9.13 Å². The second kappa shape index (κ2) is 7.12. The summed E-state index contributed by atoms with van der Waals surface area (Å²) in [5, 5.41) is 7.21. The zero-order valence-corrected chi connectivity index (χ0v) is 13.7. The molecule has 2 heterocycles. The molecule has 0 aliphatic heterocycles. The van der Waals surface area contributed by atoms with Crippen LogP contribution in [0.1, 0.15) is 32.1 Å². The van der Waals surface area contributed by atoms with Gasteiger partial charge in [-0.3, -0.25) is 4.68 Å². The molecule has 2 aromatic heterocycles. The molecule has 1 aliphatic carbocycles. The van der Waals surface area contributed by atoms with Crippen LogP contribution in [0.2, 0.25) is 5.15 Å². The second-order valence-electron chi connectivity index (χ2n) is 5.79. The fourth-order valence-corrected chi connectivity index (χ4v) is 2.94. The van der Waals surface area contributed by atoms with Crippen molar-refractivity contribution in [2.24, 2.45) is 13.0 Å². The summed E-state index contributed by atoms with van der Waals surface area (Å²) in [5.41, 5.74) is 0.555. The van der Waals surface area contributed by atoms with Crippen LogP contribution in [0.5, 0.6) is 5.88 Å². The highest BCUT2D eigenvalue weighted by Gasteiger charge is 2.16. The quantitative estimate of drug-likeness (QED) is 0.899. The van der Waals surface area contributed by atoms with Crippen molar-refractivity contribution in [3.63, 3.8) is 0 Å². The van der Waals surface area contributed by atoms with Gasteiger partial charge >= 0.3 is 0 Å². The van der Waals surface area contributed by atoms with Crippen molar-refractivity contribution in [1.29, 1.82) is 0 Å². The molecule has 1 fully saturated rings. The molecule has 0 radical (unpaired) electrons. The Bertz CT molecular complexity index is 672. The van der Waals surface area contributed by atoms with E-state index >= 15 is 0 Å². The number of aromatic nitrogens is 4. The summed E-state index contributed by atoms with van der Waals surface area (Å²) in [5.74, 6) is 0.0963. The van der Waals surface area contributed by atoms with Crippen molar-refractivity contribution >= 4 is 23.2 Å². The van der Waals surface area contributed by atoms with Gasteiger partial charge in [0.1, 0.15) is 0 Å². The van der Waals surface area contributed by atoms with E-state index < -0.39 is 5.82 Å². The van der Waals surface area contributed by atoms with Gasteiger partial charge in [-0.05, 0) is 18.8 Å². The highest BCUT2D eigenvalue weighted by atomic mass is 35.5. The van der Waals surface area contributed by atoms with Crippen molar-refractivity contribution in [2.75, 3.05) is 11.9 Å². The SMILES string of the molecule is Cn1cc(Nc2ncc(F)c(OCC3CCCCC3)n2)c(Cl)n1. The molecule has 0 amide bonds. The Balaban J connectivity index is 1.67. The molecule has 8 heteroatoms. The first kappa shape index (κ1) is 16.0. The summed E-state index contributed by atoms with van der Waals surface area (Å²) >= 11 is 5.97. The number of ether oxygens (including phenoxy) is 1. The van der Waals surface area contributed by atoms with Crippen molar-refractivity contribution in [3.8, 4) is 5.88 Å². The van der Waals surface area contributed by atoms with Gasteiger partial charge in [0.15, 0.2) is 5.15 Å². The standard InChI is InChI=1S/C15H19ClFN5O/c1-22-8-12(13(16)21-22)19-15-18-7-11(17)14(20-15)23-9-10-5-3-2-4-6-10/h7-8,10H,2-6,9H2,1H3,(H,18,19,20). The van der Waals surface area contributed by atoms with E-state index in [1.165, 1.54) is 19.3 Å². The molecule has 0 aromatic carbocycles. The third-order valence-electron chi connectivity index (χ3n) is 3.92. The smallest absolute Gasteiger partial charge is 0.255 e. The average Bonchev–Trinajstić information content (AvgIpc) is 2.86. The van der Waals surface area contributed by atoms with Crippen LogP contribution in [0, 0.1) is 11.7 Å². The Morgan fingerprint density at radius 3 is 2.87 bits per heavy atom. The lowest BCUT2D eigenvalue weighted by Crippen LogP contribution is -2.16. The molecular formula is C15H19ClFN5O. The molecule has 23 heavy (non-hydrogen) atoms. The largest absolute Gasteiger partial charge is 0.475 e. The Labute approximate surface area is 139 Å². The monoisotopic (exact) mass is 339 g/mol. The summed E-state index contributed by atoms with van der Waals surface area (Å²) in [6.45, 7) is 0.487. The first-order valence-electron chi connectivity index (χ1n) is 7.73. The predicted octanol–water partition coefficient (Wildman–Crippen LogP) is 3.71. The summed E-state index contributed by atoms with van der Waals surface area (Å²) < 4.78 is 21.0. The lowest BCUT2D eigenvalue weighted by molar-refractivity contribution is 0.195. The summed E-state index contributed by atoms with van der Waals surface area (Å²) in [6, 6.07) is 0. The maximum atomic E-state index is 13.8. The molecule has 1 aliphatic rings. The van der Waals surface area contributed by atoms with E-state index in [2.05, 4.69) is 20.4 Å². The van der Waals surface area contributed by atoms with Crippen LogP contribution in [0.25, 0.3) is 0 Å². The molecule has 0 unspecified atom stereocenters. The van der Waals surface area contributed by atoms with E-state index in [4.69, 9.17) is 16.3 Å². The van der Waals surface area contributed by atoms with Gasteiger partial charge in [0, 0.05) is 13.2 Å². The third kappa shape index (κ3) is 4.10. The molecule has 1 saturated carbocycles. The zero-order valence-electron chi connectivity index (χ0n) is 12.9. The van der Waals surface area contributed by atoms with Gasteiger partial charge in [-0.2, -0.15) is 14.5 Å². The topological polar surface area (TPSA) is 64.9 Å². The molecule has 0 atom stereocenters. The Hall–Kier alpha value is -1.89. The van der Waals surface area contributed by atoms with E-state index in [0.717, 1.165) is 19.0 Å². The Kier molecular flexibility index (Phi) is 4.95. The van der Waals surface area contributed by atoms with E-state index in [0.29, 0.717) is 23.4 Å². The first-order chi connectivity index (χ1) is 11.1. The van der Waals surface area contributed by atoms with E-state index in [9.17, 15) is 4.39 Å². The third-order valence-corrected chi connectivity index (χ3v) is 4.20. The predicted molar refractivity (Wildman–Crippen MR) is 85.6 cm³/mol. The number of halogens is 2. The van der Waals surface area contributed by atoms with Crippen molar-refractivity contribution in [3.05, 3.63) is 23.4 Å². The molecule has 2 aromatic rings. The molecule has 0 spiro atoms. The number of nitrogens with one attached hydrogen (secondary N) is 1. The molecule has 3 rings (SSSR count). The highest BCUT2D eigenvalue weighted by Crippen LogP contribution is 2.26. The van der Waals surface area contributed by atoms with Crippen molar-refractivity contribution in [2.45, 2.75) is 32.1 Å². The molecule has 124 valence electrons. The minimum absolute atomic E-state index is 0.0342. The van der Waals surface area contributed by atoms with Gasteiger partial charge in [-0.1, -0.05) is 30.9 Å². The molecule has 0 saturated heterocycles. The van der Waals surface area contributed by atoms with Crippen LogP contribution in [-0.2, 0) is 7.05 Å². The number of anilines is 2. The maximum Gasteiger partial charge on any atom is 0.255 e. The van der Waals surface area contributed by atoms with Crippen LogP contribution >= 0.6 is 11.6 Å². The van der Waals surface area contributed by atoms with Gasteiger partial charge in [0.05, 0.1) is 18.5 Å². The van der Waals surface area contributed by atoms with Crippen LogP contribution < -0.4 is 10.1 Å². The minimum atomic E-state index is -0.566. The number of nitrogens with zero attached hydrogens (tertiary/aromatic N) is 4. The first-order valence-corrected chi connectivity index (χ1v) is 8.11. The van der Waals surface area contributed by atoms with Gasteiger partial charge in [0.25, 0.3) is 5.88 Å². The van der Waals surface area contributed by atoms with Crippen LogP contribution in [0.3, 0.4) is 0 Å². The summed E-state index contributed by atoms with van der Waals surface area (Å²) in [6.07, 6.45) is 8.75. The Morgan fingerprint density at radius 2 is 2.17 bits per heavy atom. The minimum Gasteiger partial charge on any atom is -0.475 e. The number of hydrogen-bond acceptors (Lipinski definition) is 5. The van der Waals surface area contributed by atoms with Gasteiger partial charge in [-0.25, -0.2) is 4.98 Å². The zero-order chi connectivity index (χ0) is 16.2. The molecule has 1 N–H and O–H groups in total. The lowest BCUT2D eigenvalue weighted by atomic mass is 9.90. The van der Waals surface area contributed by atoms with Gasteiger partial charge < -0.3 is 10.1 Å². The van der Waals surface area contributed by atoms with Crippen molar-refractivity contribution in [1.82, 2.24) is 19.7 Å². The molecular weight excluding hydrogens is 321 g/mol. The van der Waals surface area contributed by atoms with Crippen LogP contribution in [-0.4, -0.2) is 26.4 Å². The highest BCUT2D eigenvalue weighted by molar-refractivity contribution is 6.32. The van der Waals surface area contributed by atoms with Gasteiger partial charge in [0.2, 0.25) is 11.8 Å². The molecule has 6 nitrogen and oxygen atoms in total. The van der Waals surface area contributed by atoms with Crippen LogP contribution in [0.4, 0.5) is 16.0 Å². The maximum absolute atomic E-state index is 13.8. The number of hydrogen-bond donors (Lipinski definition) is 1. The van der Waals surface area contributed by atoms with Gasteiger partial charge in [-0.15, -0.1) is 0 Å². The van der Waals surface area contributed by atoms with E-state index in [1.54, 1.807) is 17.9 Å². The second-order valence-corrected chi connectivity index (χ2v) is 6.15. The summed E-state index contributed by atoms with van der Waals surface area (Å²) in [4.78, 5) is 7.99. The average molecular weight is 340 g/mol. The van der Waals surface area contributed by atoms with E-state index in [-0.39, 0.29) is 11.8 Å². The Morgan fingerprint density at radius 1 is 1.39 bits per heavy atom. The normalized spacial score (nSPS) is 15.6. The fraction of sp³-hybridized carbons (Fsp3) is 0.533. The fourth-order valence-electron chi connectivity index (χ4n) is 2.73.